The highest BCUT2D eigenvalue weighted by Gasteiger charge is 2.25. The third-order valence-electron chi connectivity index (χ3n) is 4.04. The zero-order valence-corrected chi connectivity index (χ0v) is 11.5. The third-order valence-corrected chi connectivity index (χ3v) is 4.04. The predicted octanol–water partition coefficient (Wildman–Crippen LogP) is 1.43. The zero-order valence-electron chi connectivity index (χ0n) is 11.5. The van der Waals surface area contributed by atoms with E-state index in [1.54, 1.807) is 11.0 Å². The van der Waals surface area contributed by atoms with Gasteiger partial charge in [0.15, 0.2) is 0 Å². The van der Waals surface area contributed by atoms with E-state index in [2.05, 4.69) is 5.32 Å². The Balaban J connectivity index is 1.77. The van der Waals surface area contributed by atoms with Gasteiger partial charge in [0.1, 0.15) is 0 Å². The number of fused-ring (bicyclic) bond motifs is 1. The molecule has 3 rings (SSSR count). The molecule has 5 nitrogen and oxygen atoms in total. The van der Waals surface area contributed by atoms with Gasteiger partial charge in [0.25, 0.3) is 5.91 Å². The lowest BCUT2D eigenvalue weighted by Crippen LogP contribution is -2.40. The van der Waals surface area contributed by atoms with E-state index in [-0.39, 0.29) is 17.9 Å². The average Bonchev–Trinajstić information content (AvgIpc) is 2.85. The lowest BCUT2D eigenvalue weighted by molar-refractivity contribution is -0.115. The topological polar surface area (TPSA) is 58.6 Å². The Morgan fingerprint density at radius 1 is 1.35 bits per heavy atom. The standard InChI is InChI=1S/C15H18N2O3/c1-17(12-4-6-20-7-5-12)15(19)10-2-3-13-11(8-10)9-14(18)16-13/h2-3,8,12H,4-7,9H2,1H3,(H,16,18). The summed E-state index contributed by atoms with van der Waals surface area (Å²) in [6.45, 7) is 1.43. The van der Waals surface area contributed by atoms with Gasteiger partial charge >= 0.3 is 0 Å². The summed E-state index contributed by atoms with van der Waals surface area (Å²) in [6, 6.07) is 5.66. The second kappa shape index (κ2) is 5.25. The summed E-state index contributed by atoms with van der Waals surface area (Å²) in [7, 11) is 1.84. The van der Waals surface area contributed by atoms with Crippen LogP contribution in [0.3, 0.4) is 0 Å². The van der Waals surface area contributed by atoms with Crippen LogP contribution in [0, 0.1) is 0 Å². The van der Waals surface area contributed by atoms with E-state index < -0.39 is 0 Å². The summed E-state index contributed by atoms with van der Waals surface area (Å²) >= 11 is 0. The van der Waals surface area contributed by atoms with Crippen LogP contribution >= 0.6 is 0 Å². The number of nitrogens with one attached hydrogen (secondary N) is 1. The molecule has 0 spiro atoms. The summed E-state index contributed by atoms with van der Waals surface area (Å²) in [6.07, 6.45) is 2.12. The summed E-state index contributed by atoms with van der Waals surface area (Å²) in [5, 5.41) is 2.78. The Morgan fingerprint density at radius 2 is 2.10 bits per heavy atom. The van der Waals surface area contributed by atoms with Crippen molar-refractivity contribution in [3.63, 3.8) is 0 Å². The lowest BCUT2D eigenvalue weighted by Gasteiger charge is -2.31. The lowest BCUT2D eigenvalue weighted by atomic mass is 10.0. The maximum absolute atomic E-state index is 12.5. The molecule has 1 aromatic carbocycles. The monoisotopic (exact) mass is 274 g/mol. The normalized spacial score (nSPS) is 18.6. The van der Waals surface area contributed by atoms with Crippen LogP contribution in [0.1, 0.15) is 28.8 Å². The van der Waals surface area contributed by atoms with Crippen LogP contribution in [0.2, 0.25) is 0 Å². The number of carbonyl (C=O) groups excluding carboxylic acids is 2. The van der Waals surface area contributed by atoms with E-state index >= 15 is 0 Å². The highest BCUT2D eigenvalue weighted by Crippen LogP contribution is 2.25. The van der Waals surface area contributed by atoms with Gasteiger partial charge in [0.2, 0.25) is 5.91 Å². The largest absolute Gasteiger partial charge is 0.381 e. The first-order valence-electron chi connectivity index (χ1n) is 6.93. The molecule has 1 fully saturated rings. The fraction of sp³-hybridized carbons (Fsp3) is 0.467. The van der Waals surface area contributed by atoms with Gasteiger partial charge in [-0.25, -0.2) is 0 Å². The van der Waals surface area contributed by atoms with Gasteiger partial charge in [-0.2, -0.15) is 0 Å². The van der Waals surface area contributed by atoms with Gasteiger partial charge in [-0.05, 0) is 36.6 Å². The fourth-order valence-electron chi connectivity index (χ4n) is 2.80. The van der Waals surface area contributed by atoms with Gasteiger partial charge in [-0.3, -0.25) is 9.59 Å². The molecule has 2 aliphatic heterocycles. The smallest absolute Gasteiger partial charge is 0.253 e. The molecule has 1 saturated heterocycles. The molecule has 2 aliphatic rings. The number of ether oxygens (including phenoxy) is 1. The Kier molecular flexibility index (Phi) is 3.44. The van der Waals surface area contributed by atoms with E-state index in [0.29, 0.717) is 25.2 Å². The molecule has 2 heterocycles. The number of hydrogen-bond acceptors (Lipinski definition) is 3. The summed E-state index contributed by atoms with van der Waals surface area (Å²) in [5.41, 5.74) is 2.37. The van der Waals surface area contributed by atoms with Crippen LogP contribution in [0.15, 0.2) is 18.2 Å². The van der Waals surface area contributed by atoms with Crippen LogP contribution in [0.4, 0.5) is 5.69 Å². The molecule has 0 radical (unpaired) electrons. The van der Waals surface area contributed by atoms with Crippen molar-refractivity contribution >= 4 is 17.5 Å². The van der Waals surface area contributed by atoms with Crippen LogP contribution in [-0.4, -0.2) is 43.0 Å². The maximum atomic E-state index is 12.5. The molecular formula is C15H18N2O3. The maximum Gasteiger partial charge on any atom is 0.253 e. The van der Waals surface area contributed by atoms with Crippen molar-refractivity contribution in [3.05, 3.63) is 29.3 Å². The molecule has 0 aromatic heterocycles. The van der Waals surface area contributed by atoms with Crippen molar-refractivity contribution in [2.75, 3.05) is 25.6 Å². The van der Waals surface area contributed by atoms with Crippen molar-refractivity contribution in [2.45, 2.75) is 25.3 Å². The Hall–Kier alpha value is -1.88. The molecule has 0 atom stereocenters. The van der Waals surface area contributed by atoms with E-state index in [1.807, 2.05) is 19.2 Å². The Morgan fingerprint density at radius 3 is 2.85 bits per heavy atom. The molecule has 1 aromatic rings. The molecule has 5 heteroatoms. The highest BCUT2D eigenvalue weighted by molar-refractivity contribution is 6.01. The molecular weight excluding hydrogens is 256 g/mol. The Bertz CT molecular complexity index is 550. The van der Waals surface area contributed by atoms with Crippen LogP contribution in [0.5, 0.6) is 0 Å². The zero-order chi connectivity index (χ0) is 14.1. The minimum Gasteiger partial charge on any atom is -0.381 e. The van der Waals surface area contributed by atoms with Gasteiger partial charge in [-0.15, -0.1) is 0 Å². The molecule has 106 valence electrons. The van der Waals surface area contributed by atoms with Crippen LogP contribution < -0.4 is 5.32 Å². The number of rotatable bonds is 2. The van der Waals surface area contributed by atoms with E-state index in [0.717, 1.165) is 24.1 Å². The van der Waals surface area contributed by atoms with E-state index in [1.165, 1.54) is 0 Å². The molecule has 1 N–H and O–H groups in total. The number of amides is 2. The predicted molar refractivity (Wildman–Crippen MR) is 74.7 cm³/mol. The van der Waals surface area contributed by atoms with Crippen molar-refractivity contribution in [2.24, 2.45) is 0 Å². The van der Waals surface area contributed by atoms with Gasteiger partial charge in [0.05, 0.1) is 6.42 Å². The van der Waals surface area contributed by atoms with Crippen LogP contribution in [-0.2, 0) is 16.0 Å². The minimum absolute atomic E-state index is 0.0117. The summed E-state index contributed by atoms with van der Waals surface area (Å²) < 4.78 is 5.32. The third kappa shape index (κ3) is 2.41. The van der Waals surface area contributed by atoms with Crippen molar-refractivity contribution in [3.8, 4) is 0 Å². The number of nitrogens with zero attached hydrogens (tertiary/aromatic N) is 1. The first-order chi connectivity index (χ1) is 9.65. The second-order valence-corrected chi connectivity index (χ2v) is 5.36. The quantitative estimate of drug-likeness (QED) is 0.887. The average molecular weight is 274 g/mol. The molecule has 0 aliphatic carbocycles. The fourth-order valence-corrected chi connectivity index (χ4v) is 2.80. The SMILES string of the molecule is CN(C(=O)c1ccc2c(c1)CC(=O)N2)C1CCOCC1. The number of anilines is 1. The summed E-state index contributed by atoms with van der Waals surface area (Å²) in [5.74, 6) is 0.00133. The molecule has 20 heavy (non-hydrogen) atoms. The summed E-state index contributed by atoms with van der Waals surface area (Å²) in [4.78, 5) is 25.6. The number of benzene rings is 1. The van der Waals surface area contributed by atoms with E-state index in [4.69, 9.17) is 4.74 Å². The minimum atomic E-state index is -0.0117. The molecule has 2 amide bonds. The van der Waals surface area contributed by atoms with Crippen LogP contribution in [0.25, 0.3) is 0 Å². The second-order valence-electron chi connectivity index (χ2n) is 5.36. The molecule has 0 bridgehead atoms. The van der Waals surface area contributed by atoms with E-state index in [9.17, 15) is 9.59 Å². The van der Waals surface area contributed by atoms with Gasteiger partial charge < -0.3 is 15.0 Å². The van der Waals surface area contributed by atoms with Gasteiger partial charge in [0, 0.05) is 37.6 Å². The number of carbonyl (C=O) groups is 2. The number of hydrogen-bond donors (Lipinski definition) is 1. The Labute approximate surface area is 117 Å². The highest BCUT2D eigenvalue weighted by atomic mass is 16.5. The first kappa shape index (κ1) is 13.1. The van der Waals surface area contributed by atoms with Crippen molar-refractivity contribution < 1.29 is 14.3 Å². The van der Waals surface area contributed by atoms with Gasteiger partial charge in [-0.1, -0.05) is 0 Å². The van der Waals surface area contributed by atoms with Crippen molar-refractivity contribution in [1.29, 1.82) is 0 Å². The van der Waals surface area contributed by atoms with Crippen molar-refractivity contribution in [1.82, 2.24) is 4.90 Å². The molecule has 0 unspecified atom stereocenters. The molecule has 0 saturated carbocycles. The first-order valence-corrected chi connectivity index (χ1v) is 6.93.